The van der Waals surface area contributed by atoms with Crippen molar-refractivity contribution in [1.82, 2.24) is 15.1 Å². The van der Waals surface area contributed by atoms with Gasteiger partial charge < -0.3 is 10.4 Å². The molecule has 1 unspecified atom stereocenters. The Morgan fingerprint density at radius 3 is 2.74 bits per heavy atom. The van der Waals surface area contributed by atoms with Gasteiger partial charge in [-0.15, -0.1) is 0 Å². The predicted molar refractivity (Wildman–Crippen MR) is 71.2 cm³/mol. The molecule has 6 heteroatoms. The predicted octanol–water partition coefficient (Wildman–Crippen LogP) is 1.82. The fraction of sp³-hybridized carbons (Fsp3) is 0.615. The minimum Gasteiger partial charge on any atom is -0.476 e. The quantitative estimate of drug-likeness (QED) is 0.738. The van der Waals surface area contributed by atoms with Gasteiger partial charge in [-0.25, -0.2) is 4.79 Å². The third-order valence-corrected chi connectivity index (χ3v) is 2.89. The molecule has 19 heavy (non-hydrogen) atoms. The fourth-order valence-electron chi connectivity index (χ4n) is 1.89. The third kappa shape index (κ3) is 4.39. The summed E-state index contributed by atoms with van der Waals surface area (Å²) in [6.07, 6.45) is 5.64. The number of nitrogens with one attached hydrogen (secondary N) is 1. The molecule has 1 rings (SSSR count). The van der Waals surface area contributed by atoms with Crippen LogP contribution >= 0.6 is 0 Å². The third-order valence-electron chi connectivity index (χ3n) is 2.89. The number of unbranched alkanes of at least 4 members (excludes halogenated alkanes) is 2. The maximum absolute atomic E-state index is 12.0. The lowest BCUT2D eigenvalue weighted by Crippen LogP contribution is -2.33. The number of carbonyl (C=O) groups is 2. The number of aromatic nitrogens is 2. The van der Waals surface area contributed by atoms with Crippen molar-refractivity contribution in [2.45, 2.75) is 45.6 Å². The van der Waals surface area contributed by atoms with Crippen LogP contribution in [0.4, 0.5) is 0 Å². The number of amides is 1. The van der Waals surface area contributed by atoms with E-state index in [-0.39, 0.29) is 23.2 Å². The first kappa shape index (κ1) is 15.2. The number of carboxylic acids is 1. The summed E-state index contributed by atoms with van der Waals surface area (Å²) in [6.45, 7) is 4.04. The zero-order chi connectivity index (χ0) is 14.4. The molecule has 1 aromatic heterocycles. The summed E-state index contributed by atoms with van der Waals surface area (Å²) in [5.74, 6) is -1.57. The second kappa shape index (κ2) is 6.92. The molecule has 2 N–H and O–H groups in total. The summed E-state index contributed by atoms with van der Waals surface area (Å²) in [5.41, 5.74) is -0.0990. The zero-order valence-corrected chi connectivity index (χ0v) is 11.6. The molecular weight excluding hydrogens is 246 g/mol. The lowest BCUT2D eigenvalue weighted by molar-refractivity contribution is 0.0683. The number of hydrogen-bond donors (Lipinski definition) is 2. The Labute approximate surface area is 112 Å². The van der Waals surface area contributed by atoms with Crippen LogP contribution in [0.5, 0.6) is 0 Å². The molecule has 0 aliphatic rings. The van der Waals surface area contributed by atoms with Gasteiger partial charge in [0.2, 0.25) is 0 Å². The second-order valence-electron chi connectivity index (χ2n) is 4.74. The van der Waals surface area contributed by atoms with E-state index in [2.05, 4.69) is 17.3 Å². The molecule has 0 bridgehead atoms. The molecule has 1 amide bonds. The average Bonchev–Trinajstić information content (AvgIpc) is 2.72. The van der Waals surface area contributed by atoms with Crippen molar-refractivity contribution in [3.05, 3.63) is 17.5 Å². The molecule has 0 radical (unpaired) electrons. The number of aromatic carboxylic acids is 1. The van der Waals surface area contributed by atoms with Gasteiger partial charge in [0.25, 0.3) is 5.91 Å². The molecule has 0 saturated heterocycles. The topological polar surface area (TPSA) is 84.2 Å². The summed E-state index contributed by atoms with van der Waals surface area (Å²) in [6, 6.07) is 0.0286. The highest BCUT2D eigenvalue weighted by molar-refractivity contribution is 6.03. The Kier molecular flexibility index (Phi) is 5.54. The van der Waals surface area contributed by atoms with Crippen LogP contribution in [0.25, 0.3) is 0 Å². The van der Waals surface area contributed by atoms with Gasteiger partial charge in [0.15, 0.2) is 5.69 Å². The van der Waals surface area contributed by atoms with Crippen molar-refractivity contribution in [2.24, 2.45) is 7.05 Å². The van der Waals surface area contributed by atoms with E-state index in [1.54, 1.807) is 7.05 Å². The number of nitrogens with zero attached hydrogens (tertiary/aromatic N) is 2. The standard InChI is InChI=1S/C13H21N3O3/c1-4-5-6-7-9(2)14-12(17)10-8-16(3)15-11(10)13(18)19/h8-9H,4-7H2,1-3H3,(H,14,17)(H,18,19). The number of carbonyl (C=O) groups excluding carboxylic acids is 1. The summed E-state index contributed by atoms with van der Waals surface area (Å²) in [7, 11) is 1.59. The van der Waals surface area contributed by atoms with Gasteiger partial charge >= 0.3 is 5.97 Å². The van der Waals surface area contributed by atoms with E-state index in [0.29, 0.717) is 0 Å². The van der Waals surface area contributed by atoms with Crippen molar-refractivity contribution in [1.29, 1.82) is 0 Å². The number of aryl methyl sites for hydroxylation is 1. The summed E-state index contributed by atoms with van der Waals surface area (Å²) in [5, 5.41) is 15.6. The van der Waals surface area contributed by atoms with Gasteiger partial charge in [-0.2, -0.15) is 5.10 Å². The minimum absolute atomic E-state index is 0.0286. The van der Waals surface area contributed by atoms with Crippen LogP contribution in [0.3, 0.4) is 0 Å². The number of hydrogen-bond acceptors (Lipinski definition) is 3. The molecule has 106 valence electrons. The molecule has 0 aromatic carbocycles. The second-order valence-corrected chi connectivity index (χ2v) is 4.74. The van der Waals surface area contributed by atoms with Crippen molar-refractivity contribution >= 4 is 11.9 Å². The molecule has 0 aliphatic carbocycles. The normalized spacial score (nSPS) is 12.2. The first-order valence-electron chi connectivity index (χ1n) is 6.53. The van der Waals surface area contributed by atoms with Crippen LogP contribution in [-0.4, -0.2) is 32.8 Å². The maximum atomic E-state index is 12.0. The molecule has 1 aromatic rings. The number of rotatable bonds is 7. The van der Waals surface area contributed by atoms with Crippen LogP contribution in [0.2, 0.25) is 0 Å². The smallest absolute Gasteiger partial charge is 0.357 e. The van der Waals surface area contributed by atoms with Crippen LogP contribution in [-0.2, 0) is 7.05 Å². The van der Waals surface area contributed by atoms with E-state index in [1.165, 1.54) is 10.9 Å². The van der Waals surface area contributed by atoms with E-state index in [0.717, 1.165) is 25.7 Å². The number of carboxylic acid groups (broad SMARTS) is 1. The monoisotopic (exact) mass is 267 g/mol. The summed E-state index contributed by atoms with van der Waals surface area (Å²) in [4.78, 5) is 23.0. The maximum Gasteiger partial charge on any atom is 0.357 e. The van der Waals surface area contributed by atoms with Gasteiger partial charge in [0.05, 0.1) is 5.56 Å². The van der Waals surface area contributed by atoms with Gasteiger partial charge in [0, 0.05) is 19.3 Å². The Hall–Kier alpha value is -1.85. The summed E-state index contributed by atoms with van der Waals surface area (Å²) < 4.78 is 1.33. The van der Waals surface area contributed by atoms with Gasteiger partial charge in [-0.3, -0.25) is 9.48 Å². The van der Waals surface area contributed by atoms with Gasteiger partial charge in [-0.1, -0.05) is 26.2 Å². The van der Waals surface area contributed by atoms with E-state index in [9.17, 15) is 9.59 Å². The average molecular weight is 267 g/mol. The molecule has 6 nitrogen and oxygen atoms in total. The van der Waals surface area contributed by atoms with Crippen molar-refractivity contribution in [2.75, 3.05) is 0 Å². The van der Waals surface area contributed by atoms with Gasteiger partial charge in [0.1, 0.15) is 0 Å². The fourth-order valence-corrected chi connectivity index (χ4v) is 1.89. The lowest BCUT2D eigenvalue weighted by atomic mass is 10.1. The Morgan fingerprint density at radius 1 is 1.47 bits per heavy atom. The van der Waals surface area contributed by atoms with Crippen LogP contribution in [0.15, 0.2) is 6.20 Å². The molecule has 0 fully saturated rings. The SMILES string of the molecule is CCCCCC(C)NC(=O)c1cn(C)nc1C(=O)O. The van der Waals surface area contributed by atoms with Crippen LogP contribution in [0, 0.1) is 0 Å². The van der Waals surface area contributed by atoms with Crippen molar-refractivity contribution in [3.63, 3.8) is 0 Å². The van der Waals surface area contributed by atoms with Crippen LogP contribution in [0.1, 0.15) is 60.4 Å². The Bertz CT molecular complexity index is 454. The highest BCUT2D eigenvalue weighted by Gasteiger charge is 2.21. The van der Waals surface area contributed by atoms with Crippen LogP contribution < -0.4 is 5.32 Å². The first-order chi connectivity index (χ1) is 8.95. The molecule has 1 heterocycles. The van der Waals surface area contributed by atoms with E-state index < -0.39 is 5.97 Å². The molecule has 0 saturated carbocycles. The summed E-state index contributed by atoms with van der Waals surface area (Å²) >= 11 is 0. The first-order valence-corrected chi connectivity index (χ1v) is 6.53. The highest BCUT2D eigenvalue weighted by atomic mass is 16.4. The molecule has 0 aliphatic heterocycles. The zero-order valence-electron chi connectivity index (χ0n) is 11.6. The van der Waals surface area contributed by atoms with E-state index >= 15 is 0 Å². The van der Waals surface area contributed by atoms with Gasteiger partial charge in [-0.05, 0) is 13.3 Å². The Morgan fingerprint density at radius 2 is 2.16 bits per heavy atom. The largest absolute Gasteiger partial charge is 0.476 e. The highest BCUT2D eigenvalue weighted by Crippen LogP contribution is 2.08. The minimum atomic E-state index is -1.19. The van der Waals surface area contributed by atoms with E-state index in [4.69, 9.17) is 5.11 Å². The lowest BCUT2D eigenvalue weighted by Gasteiger charge is -2.13. The van der Waals surface area contributed by atoms with E-state index in [1.807, 2.05) is 6.92 Å². The Balaban J connectivity index is 2.65. The molecular formula is C13H21N3O3. The van der Waals surface area contributed by atoms with Crippen molar-refractivity contribution in [3.8, 4) is 0 Å². The molecule has 0 spiro atoms. The van der Waals surface area contributed by atoms with Crippen molar-refractivity contribution < 1.29 is 14.7 Å². The molecule has 1 atom stereocenters.